The SMILES string of the molecule is CC(=O)NC(CC(=O)O)N1CCN(C)CC1. The molecule has 0 bridgehead atoms. The van der Waals surface area contributed by atoms with Crippen molar-refractivity contribution in [1.29, 1.82) is 0 Å². The first kappa shape index (κ1) is 12.9. The maximum absolute atomic E-state index is 11.0. The van der Waals surface area contributed by atoms with Crippen LogP contribution in [0, 0.1) is 0 Å². The van der Waals surface area contributed by atoms with E-state index in [9.17, 15) is 9.59 Å². The highest BCUT2D eigenvalue weighted by molar-refractivity contribution is 5.74. The third-order valence-electron chi connectivity index (χ3n) is 2.72. The summed E-state index contributed by atoms with van der Waals surface area (Å²) in [6, 6.07) is 0. The minimum atomic E-state index is -0.891. The van der Waals surface area contributed by atoms with Crippen molar-refractivity contribution >= 4 is 11.9 Å². The number of hydrogen-bond donors (Lipinski definition) is 2. The number of rotatable bonds is 4. The molecule has 0 aromatic rings. The van der Waals surface area contributed by atoms with Gasteiger partial charge in [0.2, 0.25) is 5.91 Å². The van der Waals surface area contributed by atoms with Gasteiger partial charge in [0.05, 0.1) is 12.6 Å². The molecule has 0 spiro atoms. The predicted octanol–water partition coefficient (Wildman–Crippen LogP) is -0.829. The van der Waals surface area contributed by atoms with Crippen LogP contribution in [0.4, 0.5) is 0 Å². The lowest BCUT2D eigenvalue weighted by atomic mass is 10.2. The molecule has 0 aromatic carbocycles. The Hall–Kier alpha value is -1.14. The van der Waals surface area contributed by atoms with Crippen molar-refractivity contribution < 1.29 is 14.7 Å². The van der Waals surface area contributed by atoms with Crippen LogP contribution >= 0.6 is 0 Å². The predicted molar refractivity (Wildman–Crippen MR) is 58.9 cm³/mol. The third-order valence-corrected chi connectivity index (χ3v) is 2.72. The standard InChI is InChI=1S/C10H19N3O3/c1-8(14)11-9(7-10(15)16)13-5-3-12(2)4-6-13/h9H,3-7H2,1-2H3,(H,11,14)(H,15,16). The van der Waals surface area contributed by atoms with Gasteiger partial charge in [-0.15, -0.1) is 0 Å². The van der Waals surface area contributed by atoms with Crippen LogP contribution in [0.2, 0.25) is 0 Å². The lowest BCUT2D eigenvalue weighted by Crippen LogP contribution is -2.55. The molecule has 0 aliphatic carbocycles. The van der Waals surface area contributed by atoms with Gasteiger partial charge in [-0.3, -0.25) is 14.5 Å². The van der Waals surface area contributed by atoms with Crippen molar-refractivity contribution in [3.05, 3.63) is 0 Å². The van der Waals surface area contributed by atoms with Crippen molar-refractivity contribution in [1.82, 2.24) is 15.1 Å². The number of carboxylic acids is 1. The normalized spacial score (nSPS) is 20.4. The molecule has 1 aliphatic rings. The fraction of sp³-hybridized carbons (Fsp3) is 0.800. The van der Waals surface area contributed by atoms with Gasteiger partial charge in [0, 0.05) is 33.1 Å². The molecule has 1 atom stereocenters. The highest BCUT2D eigenvalue weighted by atomic mass is 16.4. The summed E-state index contributed by atoms with van der Waals surface area (Å²) in [4.78, 5) is 25.9. The number of piperazine rings is 1. The molecule has 1 saturated heterocycles. The van der Waals surface area contributed by atoms with Gasteiger partial charge in [0.1, 0.15) is 0 Å². The van der Waals surface area contributed by atoms with E-state index in [4.69, 9.17) is 5.11 Å². The minimum absolute atomic E-state index is 0.0523. The minimum Gasteiger partial charge on any atom is -0.481 e. The van der Waals surface area contributed by atoms with Crippen LogP contribution in [0.15, 0.2) is 0 Å². The molecule has 1 fully saturated rings. The Morgan fingerprint density at radius 3 is 2.31 bits per heavy atom. The van der Waals surface area contributed by atoms with Gasteiger partial charge in [-0.2, -0.15) is 0 Å². The van der Waals surface area contributed by atoms with Gasteiger partial charge in [-0.1, -0.05) is 0 Å². The molecule has 16 heavy (non-hydrogen) atoms. The fourth-order valence-corrected chi connectivity index (χ4v) is 1.81. The average Bonchev–Trinajstić information content (AvgIpc) is 2.16. The zero-order chi connectivity index (χ0) is 12.1. The monoisotopic (exact) mass is 229 g/mol. The highest BCUT2D eigenvalue weighted by Crippen LogP contribution is 2.06. The Labute approximate surface area is 95.2 Å². The molecule has 2 N–H and O–H groups in total. The molecule has 6 heteroatoms. The average molecular weight is 229 g/mol. The number of carbonyl (C=O) groups is 2. The van der Waals surface area contributed by atoms with Gasteiger partial charge in [0.25, 0.3) is 0 Å². The number of amides is 1. The molecule has 1 aliphatic heterocycles. The number of nitrogens with zero attached hydrogens (tertiary/aromatic N) is 2. The second-order valence-corrected chi connectivity index (χ2v) is 4.15. The number of likely N-dealkylation sites (N-methyl/N-ethyl adjacent to an activating group) is 1. The lowest BCUT2D eigenvalue weighted by Gasteiger charge is -2.37. The van der Waals surface area contributed by atoms with E-state index in [-0.39, 0.29) is 18.5 Å². The second kappa shape index (κ2) is 5.81. The Morgan fingerprint density at radius 2 is 1.88 bits per heavy atom. The first-order valence-corrected chi connectivity index (χ1v) is 5.40. The molecule has 92 valence electrons. The summed E-state index contributed by atoms with van der Waals surface area (Å²) in [5.41, 5.74) is 0. The largest absolute Gasteiger partial charge is 0.481 e. The second-order valence-electron chi connectivity index (χ2n) is 4.15. The van der Waals surface area contributed by atoms with Crippen molar-refractivity contribution in [2.45, 2.75) is 19.5 Å². The molecular formula is C10H19N3O3. The molecule has 1 amide bonds. The summed E-state index contributed by atoms with van der Waals surface area (Å²) in [5.74, 6) is -1.08. The third kappa shape index (κ3) is 4.16. The fourth-order valence-electron chi connectivity index (χ4n) is 1.81. The zero-order valence-electron chi connectivity index (χ0n) is 9.77. The lowest BCUT2D eigenvalue weighted by molar-refractivity contribution is -0.139. The first-order chi connectivity index (χ1) is 7.49. The Balaban J connectivity index is 2.53. The van der Waals surface area contributed by atoms with E-state index in [1.165, 1.54) is 6.92 Å². The molecule has 0 saturated carbocycles. The smallest absolute Gasteiger partial charge is 0.306 e. The molecule has 1 unspecified atom stereocenters. The Morgan fingerprint density at radius 1 is 1.31 bits per heavy atom. The van der Waals surface area contributed by atoms with Crippen molar-refractivity contribution in [2.24, 2.45) is 0 Å². The summed E-state index contributed by atoms with van der Waals surface area (Å²) < 4.78 is 0. The van der Waals surface area contributed by atoms with E-state index in [0.29, 0.717) is 0 Å². The highest BCUT2D eigenvalue weighted by Gasteiger charge is 2.24. The van der Waals surface area contributed by atoms with E-state index < -0.39 is 5.97 Å². The van der Waals surface area contributed by atoms with Gasteiger partial charge in [0.15, 0.2) is 0 Å². The number of hydrogen-bond acceptors (Lipinski definition) is 4. The molecule has 6 nitrogen and oxygen atoms in total. The van der Waals surface area contributed by atoms with Gasteiger partial charge < -0.3 is 15.3 Å². The van der Waals surface area contributed by atoms with E-state index in [1.54, 1.807) is 0 Å². The quantitative estimate of drug-likeness (QED) is 0.658. The van der Waals surface area contributed by atoms with Crippen molar-refractivity contribution in [3.8, 4) is 0 Å². The summed E-state index contributed by atoms with van der Waals surface area (Å²) in [7, 11) is 2.03. The van der Waals surface area contributed by atoms with E-state index in [0.717, 1.165) is 26.2 Å². The maximum atomic E-state index is 11.0. The maximum Gasteiger partial charge on any atom is 0.306 e. The molecular weight excluding hydrogens is 210 g/mol. The summed E-state index contributed by atoms with van der Waals surface area (Å²) in [5, 5.41) is 11.5. The van der Waals surface area contributed by atoms with Gasteiger partial charge in [-0.25, -0.2) is 0 Å². The van der Waals surface area contributed by atoms with Crippen molar-refractivity contribution in [2.75, 3.05) is 33.2 Å². The summed E-state index contributed by atoms with van der Waals surface area (Å²) in [6.07, 6.45) is -0.438. The van der Waals surface area contributed by atoms with Crippen LogP contribution in [-0.2, 0) is 9.59 Å². The molecule has 1 rings (SSSR count). The van der Waals surface area contributed by atoms with Crippen LogP contribution in [0.25, 0.3) is 0 Å². The van der Waals surface area contributed by atoms with E-state index >= 15 is 0 Å². The Kier molecular flexibility index (Phi) is 4.70. The van der Waals surface area contributed by atoms with Crippen LogP contribution in [0.1, 0.15) is 13.3 Å². The molecule has 0 radical (unpaired) electrons. The number of carboxylic acid groups (broad SMARTS) is 1. The summed E-state index contributed by atoms with van der Waals surface area (Å²) >= 11 is 0. The van der Waals surface area contributed by atoms with Crippen LogP contribution < -0.4 is 5.32 Å². The van der Waals surface area contributed by atoms with Gasteiger partial charge >= 0.3 is 5.97 Å². The van der Waals surface area contributed by atoms with Crippen LogP contribution in [0.5, 0.6) is 0 Å². The van der Waals surface area contributed by atoms with Crippen LogP contribution in [-0.4, -0.2) is 66.2 Å². The zero-order valence-corrected chi connectivity index (χ0v) is 9.77. The summed E-state index contributed by atoms with van der Waals surface area (Å²) in [6.45, 7) is 4.78. The van der Waals surface area contributed by atoms with Gasteiger partial charge in [-0.05, 0) is 7.05 Å². The molecule has 0 aromatic heterocycles. The molecule has 1 heterocycles. The number of carbonyl (C=O) groups excluding carboxylic acids is 1. The first-order valence-electron chi connectivity index (χ1n) is 5.40. The number of nitrogens with one attached hydrogen (secondary N) is 1. The van der Waals surface area contributed by atoms with Crippen LogP contribution in [0.3, 0.4) is 0 Å². The van der Waals surface area contributed by atoms with E-state index in [1.807, 2.05) is 11.9 Å². The van der Waals surface area contributed by atoms with E-state index in [2.05, 4.69) is 10.2 Å². The Bertz CT molecular complexity index is 246. The van der Waals surface area contributed by atoms with Crippen molar-refractivity contribution in [3.63, 3.8) is 0 Å². The topological polar surface area (TPSA) is 72.9 Å². The number of aliphatic carboxylic acids is 1.